The van der Waals surface area contributed by atoms with Gasteiger partial charge < -0.3 is 14.4 Å². The number of aromatic nitrogens is 3. The molecule has 4 atom stereocenters. The summed E-state index contributed by atoms with van der Waals surface area (Å²) in [5.41, 5.74) is 0.827. The average molecular weight is 391 g/mol. The van der Waals surface area contributed by atoms with E-state index in [9.17, 15) is 4.79 Å². The van der Waals surface area contributed by atoms with Gasteiger partial charge in [0.1, 0.15) is 5.69 Å². The minimum atomic E-state index is 0.0932. The molecule has 0 aromatic carbocycles. The predicted octanol–water partition coefficient (Wildman–Crippen LogP) is 2.15. The second-order valence-electron chi connectivity index (χ2n) is 7.51. The van der Waals surface area contributed by atoms with Gasteiger partial charge in [0.15, 0.2) is 0 Å². The van der Waals surface area contributed by atoms with E-state index in [1.165, 1.54) is 0 Å². The Morgan fingerprint density at radius 3 is 2.81 bits per heavy atom. The highest BCUT2D eigenvalue weighted by molar-refractivity contribution is 7.10. The number of rotatable bonds is 6. The van der Waals surface area contributed by atoms with Crippen LogP contribution < -0.4 is 0 Å². The van der Waals surface area contributed by atoms with E-state index in [4.69, 9.17) is 9.47 Å². The van der Waals surface area contributed by atoms with E-state index in [-0.39, 0.29) is 18.1 Å². The molecule has 3 heterocycles. The van der Waals surface area contributed by atoms with E-state index >= 15 is 0 Å². The van der Waals surface area contributed by atoms with Gasteiger partial charge in [0.25, 0.3) is 0 Å². The van der Waals surface area contributed by atoms with Crippen molar-refractivity contribution in [2.75, 3.05) is 27.3 Å². The number of ether oxygens (including phenoxy) is 2. The third-order valence-electron chi connectivity index (χ3n) is 5.84. The number of thiophene rings is 1. The smallest absolute Gasteiger partial charge is 0.227 e. The number of hydrogen-bond donors (Lipinski definition) is 0. The van der Waals surface area contributed by atoms with Gasteiger partial charge in [-0.1, -0.05) is 11.3 Å². The molecular weight excluding hydrogens is 364 g/mol. The van der Waals surface area contributed by atoms with Crippen molar-refractivity contribution >= 4 is 17.2 Å². The normalized spacial score (nSPS) is 27.7. The zero-order chi connectivity index (χ0) is 18.8. The highest BCUT2D eigenvalue weighted by Gasteiger charge is 2.44. The quantitative estimate of drug-likeness (QED) is 0.756. The molecule has 1 saturated heterocycles. The Morgan fingerprint density at radius 1 is 1.30 bits per heavy atom. The van der Waals surface area contributed by atoms with Gasteiger partial charge in [-0.05, 0) is 36.1 Å². The number of methoxy groups -OCH3 is 2. The lowest BCUT2D eigenvalue weighted by Crippen LogP contribution is -2.37. The van der Waals surface area contributed by atoms with Gasteiger partial charge >= 0.3 is 0 Å². The number of likely N-dealkylation sites (tertiary alicyclic amines) is 1. The predicted molar refractivity (Wildman–Crippen MR) is 101 cm³/mol. The third kappa shape index (κ3) is 3.93. The second kappa shape index (κ2) is 8.08. The molecule has 0 N–H and O–H groups in total. The van der Waals surface area contributed by atoms with E-state index in [1.54, 1.807) is 25.6 Å². The topological polar surface area (TPSA) is 69.5 Å². The molecule has 4 rings (SSSR count). The summed E-state index contributed by atoms with van der Waals surface area (Å²) in [5.74, 6) is 1.23. The van der Waals surface area contributed by atoms with Crippen LogP contribution in [0.15, 0.2) is 23.7 Å². The molecule has 2 aromatic heterocycles. The van der Waals surface area contributed by atoms with Gasteiger partial charge in [-0.3, -0.25) is 4.79 Å². The van der Waals surface area contributed by atoms with Crippen molar-refractivity contribution in [3.05, 3.63) is 34.3 Å². The molecule has 1 saturated carbocycles. The molecule has 1 aliphatic heterocycles. The molecule has 146 valence electrons. The third-order valence-corrected chi connectivity index (χ3v) is 6.71. The fourth-order valence-corrected chi connectivity index (χ4v) is 5.18. The molecule has 2 aliphatic rings. The Morgan fingerprint density at radius 2 is 2.11 bits per heavy atom. The van der Waals surface area contributed by atoms with Crippen LogP contribution in [0.4, 0.5) is 0 Å². The van der Waals surface area contributed by atoms with Crippen LogP contribution in [0, 0.1) is 11.8 Å². The fourth-order valence-electron chi connectivity index (χ4n) is 4.49. The van der Waals surface area contributed by atoms with Crippen molar-refractivity contribution < 1.29 is 14.3 Å². The number of carbonyl (C=O) groups is 1. The van der Waals surface area contributed by atoms with Crippen LogP contribution in [0.25, 0.3) is 0 Å². The maximum atomic E-state index is 12.7. The van der Waals surface area contributed by atoms with Crippen molar-refractivity contribution in [1.82, 2.24) is 19.9 Å². The summed E-state index contributed by atoms with van der Waals surface area (Å²) in [7, 11) is 3.42. The number of amides is 1. The molecule has 8 heteroatoms. The highest BCUT2D eigenvalue weighted by Crippen LogP contribution is 2.42. The minimum absolute atomic E-state index is 0.0932. The molecule has 27 heavy (non-hydrogen) atoms. The Labute approximate surface area is 163 Å². The SMILES string of the molecule is COCc1cn([C@@H]2C[C@@H]3CN(C(=O)Cc4cccs4)C[C@@H]3C[C@H]2OC)nn1. The molecule has 0 spiro atoms. The molecular formula is C19H26N4O3S. The van der Waals surface area contributed by atoms with E-state index < -0.39 is 0 Å². The maximum Gasteiger partial charge on any atom is 0.227 e. The van der Waals surface area contributed by atoms with Crippen molar-refractivity contribution in [3.63, 3.8) is 0 Å². The molecule has 1 aliphatic carbocycles. The second-order valence-corrected chi connectivity index (χ2v) is 8.54. The summed E-state index contributed by atoms with van der Waals surface area (Å²) in [6.45, 7) is 2.14. The summed E-state index contributed by atoms with van der Waals surface area (Å²) in [6.07, 6.45) is 4.47. The first-order chi connectivity index (χ1) is 13.2. The fraction of sp³-hybridized carbons (Fsp3) is 0.632. The van der Waals surface area contributed by atoms with Crippen LogP contribution >= 0.6 is 11.3 Å². The van der Waals surface area contributed by atoms with Crippen LogP contribution in [-0.4, -0.2) is 59.2 Å². The van der Waals surface area contributed by atoms with E-state index in [0.717, 1.165) is 36.5 Å². The van der Waals surface area contributed by atoms with Crippen LogP contribution in [0.5, 0.6) is 0 Å². The summed E-state index contributed by atoms with van der Waals surface area (Å²) in [5, 5.41) is 10.5. The molecule has 2 aromatic rings. The van der Waals surface area contributed by atoms with Gasteiger partial charge in [-0.15, -0.1) is 16.4 Å². The average Bonchev–Trinajstić information content (AvgIpc) is 3.41. The number of carbonyl (C=O) groups excluding carboxylic acids is 1. The number of fused-ring (bicyclic) bond motifs is 1. The number of hydrogen-bond acceptors (Lipinski definition) is 6. The zero-order valence-electron chi connectivity index (χ0n) is 15.8. The Kier molecular flexibility index (Phi) is 5.56. The zero-order valence-corrected chi connectivity index (χ0v) is 16.6. The van der Waals surface area contributed by atoms with Crippen molar-refractivity contribution in [2.45, 2.75) is 38.0 Å². The summed E-state index contributed by atoms with van der Waals surface area (Å²) in [6, 6.07) is 4.19. The van der Waals surface area contributed by atoms with E-state index in [0.29, 0.717) is 24.9 Å². The molecule has 7 nitrogen and oxygen atoms in total. The first kappa shape index (κ1) is 18.6. The van der Waals surface area contributed by atoms with Gasteiger partial charge in [0.05, 0.1) is 31.4 Å². The van der Waals surface area contributed by atoms with Crippen LogP contribution in [0.3, 0.4) is 0 Å². The Hall–Kier alpha value is -1.77. The van der Waals surface area contributed by atoms with E-state index in [2.05, 4.69) is 10.3 Å². The molecule has 0 bridgehead atoms. The molecule has 1 amide bonds. The Balaban J connectivity index is 1.43. The van der Waals surface area contributed by atoms with Gasteiger partial charge in [-0.25, -0.2) is 4.68 Å². The first-order valence-electron chi connectivity index (χ1n) is 9.40. The summed E-state index contributed by atoms with van der Waals surface area (Å²) < 4.78 is 12.9. The number of nitrogens with zero attached hydrogens (tertiary/aromatic N) is 4. The minimum Gasteiger partial charge on any atom is -0.379 e. The monoisotopic (exact) mass is 390 g/mol. The molecule has 0 radical (unpaired) electrons. The molecule has 2 fully saturated rings. The van der Waals surface area contributed by atoms with Crippen LogP contribution in [0.1, 0.15) is 29.5 Å². The van der Waals surface area contributed by atoms with E-state index in [1.807, 2.05) is 33.3 Å². The Bertz CT molecular complexity index is 763. The van der Waals surface area contributed by atoms with Crippen molar-refractivity contribution in [1.29, 1.82) is 0 Å². The lowest BCUT2D eigenvalue weighted by molar-refractivity contribution is -0.129. The lowest BCUT2D eigenvalue weighted by Gasteiger charge is -2.36. The van der Waals surface area contributed by atoms with Crippen molar-refractivity contribution in [2.24, 2.45) is 11.8 Å². The summed E-state index contributed by atoms with van der Waals surface area (Å²) in [4.78, 5) is 15.9. The maximum absolute atomic E-state index is 12.7. The van der Waals surface area contributed by atoms with Crippen LogP contribution in [0.2, 0.25) is 0 Å². The van der Waals surface area contributed by atoms with Crippen molar-refractivity contribution in [3.8, 4) is 0 Å². The first-order valence-corrected chi connectivity index (χ1v) is 10.3. The highest BCUT2D eigenvalue weighted by atomic mass is 32.1. The van der Waals surface area contributed by atoms with Gasteiger partial charge in [-0.2, -0.15) is 0 Å². The standard InChI is InChI=1S/C19H26N4O3S/c1-25-12-15-11-23(21-20-15)17-6-13-9-22(10-14(13)7-18(17)26-2)19(24)8-16-4-3-5-27-16/h3-5,11,13-14,17-18H,6-10,12H2,1-2H3/t13-,14+,17-,18-/m1/s1. The largest absolute Gasteiger partial charge is 0.379 e. The summed E-state index contributed by atoms with van der Waals surface area (Å²) >= 11 is 1.65. The van der Waals surface area contributed by atoms with Gasteiger partial charge in [0, 0.05) is 32.2 Å². The lowest BCUT2D eigenvalue weighted by atomic mass is 9.77. The van der Waals surface area contributed by atoms with Gasteiger partial charge in [0.2, 0.25) is 5.91 Å². The molecule has 0 unspecified atom stereocenters. The van der Waals surface area contributed by atoms with Crippen LogP contribution in [-0.2, 0) is 27.3 Å².